The SMILES string of the molecule is CC[O+]=c1c(-c2ccccc2)c1-c1ccccc1.F[B-](F)(F)F. The van der Waals surface area contributed by atoms with Crippen molar-refractivity contribution in [2.24, 2.45) is 0 Å². The maximum Gasteiger partial charge on any atom is 0.673 e. The zero-order chi connectivity index (χ0) is 16.9. The van der Waals surface area contributed by atoms with Gasteiger partial charge in [-0.3, -0.25) is 4.42 Å². The van der Waals surface area contributed by atoms with Gasteiger partial charge in [0, 0.05) is 6.92 Å². The average molecular weight is 322 g/mol. The molecule has 0 heterocycles. The summed E-state index contributed by atoms with van der Waals surface area (Å²) in [5, 5.41) is 0. The first-order valence-corrected chi connectivity index (χ1v) is 7.14. The zero-order valence-corrected chi connectivity index (χ0v) is 12.5. The van der Waals surface area contributed by atoms with Crippen molar-refractivity contribution in [3.8, 4) is 22.3 Å². The number of rotatable bonds is 3. The van der Waals surface area contributed by atoms with Crippen LogP contribution in [0.1, 0.15) is 6.92 Å². The van der Waals surface area contributed by atoms with E-state index in [1.807, 2.05) is 19.1 Å². The van der Waals surface area contributed by atoms with Crippen molar-refractivity contribution in [3.63, 3.8) is 0 Å². The van der Waals surface area contributed by atoms with Gasteiger partial charge in [-0.15, -0.1) is 0 Å². The number of hydrogen-bond donors (Lipinski definition) is 0. The van der Waals surface area contributed by atoms with Gasteiger partial charge < -0.3 is 17.3 Å². The van der Waals surface area contributed by atoms with E-state index < -0.39 is 7.25 Å². The predicted octanol–water partition coefficient (Wildman–Crippen LogP) is 5.11. The van der Waals surface area contributed by atoms with E-state index in [-0.39, 0.29) is 0 Å². The fourth-order valence-corrected chi connectivity index (χ4v) is 2.22. The molecule has 0 aliphatic rings. The van der Waals surface area contributed by atoms with Crippen LogP contribution in [0.25, 0.3) is 22.3 Å². The van der Waals surface area contributed by atoms with Crippen LogP contribution in [0.2, 0.25) is 0 Å². The average Bonchev–Trinajstić information content (AvgIpc) is 3.22. The van der Waals surface area contributed by atoms with Crippen LogP contribution in [0.3, 0.4) is 0 Å². The Balaban J connectivity index is 0.000000338. The third-order valence-electron chi connectivity index (χ3n) is 3.06. The Morgan fingerprint density at radius 1 is 0.739 bits per heavy atom. The molecule has 0 bridgehead atoms. The van der Waals surface area contributed by atoms with E-state index in [0.29, 0.717) is 6.61 Å². The molecule has 0 saturated carbocycles. The lowest BCUT2D eigenvalue weighted by molar-refractivity contribution is 0.368. The summed E-state index contributed by atoms with van der Waals surface area (Å²) >= 11 is 0. The minimum absolute atomic E-state index is 0.710. The Morgan fingerprint density at radius 2 is 1.09 bits per heavy atom. The fourth-order valence-electron chi connectivity index (χ4n) is 2.22. The van der Waals surface area contributed by atoms with E-state index in [1.165, 1.54) is 22.3 Å². The highest BCUT2D eigenvalue weighted by atomic mass is 19.5. The van der Waals surface area contributed by atoms with Crippen LogP contribution in [-0.4, -0.2) is 13.9 Å². The predicted molar refractivity (Wildman–Crippen MR) is 86.7 cm³/mol. The molecular formula is C17H15BF4O. The summed E-state index contributed by atoms with van der Waals surface area (Å²) in [7, 11) is -6.00. The van der Waals surface area contributed by atoms with Crippen molar-refractivity contribution in [2.45, 2.75) is 6.92 Å². The summed E-state index contributed by atoms with van der Waals surface area (Å²) in [6.45, 7) is 2.73. The van der Waals surface area contributed by atoms with Crippen LogP contribution < -0.4 is 5.43 Å². The quantitative estimate of drug-likeness (QED) is 0.361. The van der Waals surface area contributed by atoms with Crippen molar-refractivity contribution in [1.29, 1.82) is 0 Å². The molecule has 0 atom stereocenters. The molecule has 120 valence electrons. The Morgan fingerprint density at radius 3 is 1.39 bits per heavy atom. The Bertz CT molecular complexity index is 696. The molecule has 6 heteroatoms. The van der Waals surface area contributed by atoms with Gasteiger partial charge in [-0.05, 0) is 11.1 Å². The highest BCUT2D eigenvalue weighted by Crippen LogP contribution is 2.34. The van der Waals surface area contributed by atoms with Crippen LogP contribution in [-0.2, 0) is 0 Å². The second kappa shape index (κ2) is 7.27. The molecule has 23 heavy (non-hydrogen) atoms. The molecular weight excluding hydrogens is 307 g/mol. The first kappa shape index (κ1) is 17.0. The van der Waals surface area contributed by atoms with Crippen molar-refractivity contribution in [2.75, 3.05) is 6.61 Å². The zero-order valence-electron chi connectivity index (χ0n) is 12.5. The molecule has 0 fully saturated rings. The van der Waals surface area contributed by atoms with Crippen LogP contribution >= 0.6 is 0 Å². The summed E-state index contributed by atoms with van der Waals surface area (Å²) < 4.78 is 44.7. The van der Waals surface area contributed by atoms with E-state index >= 15 is 0 Å². The third kappa shape index (κ3) is 5.09. The number of benzene rings is 2. The van der Waals surface area contributed by atoms with Crippen LogP contribution in [0.5, 0.6) is 0 Å². The third-order valence-corrected chi connectivity index (χ3v) is 3.06. The van der Waals surface area contributed by atoms with Crippen molar-refractivity contribution in [3.05, 3.63) is 70.5 Å². The molecule has 3 aromatic rings. The normalized spacial score (nSPS) is 11.0. The fraction of sp³-hybridized carbons (Fsp3) is 0.118. The van der Waals surface area contributed by atoms with E-state index in [0.717, 1.165) is 5.43 Å². The van der Waals surface area contributed by atoms with Crippen molar-refractivity contribution >= 4 is 7.25 Å². The molecule has 0 aromatic heterocycles. The van der Waals surface area contributed by atoms with Crippen molar-refractivity contribution in [1.82, 2.24) is 0 Å². The van der Waals surface area contributed by atoms with Crippen LogP contribution in [0, 0.1) is 0 Å². The second-order valence-electron chi connectivity index (χ2n) is 4.74. The van der Waals surface area contributed by atoms with Gasteiger partial charge >= 0.3 is 12.7 Å². The molecule has 3 aromatic carbocycles. The molecule has 0 aliphatic carbocycles. The summed E-state index contributed by atoms with van der Waals surface area (Å²) in [5.74, 6) is 0. The highest BCUT2D eigenvalue weighted by molar-refractivity contribution is 6.50. The van der Waals surface area contributed by atoms with Gasteiger partial charge in [0.2, 0.25) is 0 Å². The molecule has 0 spiro atoms. The molecule has 0 unspecified atom stereocenters. The van der Waals surface area contributed by atoms with Gasteiger partial charge in [0.05, 0.1) is 0 Å². The lowest BCUT2D eigenvalue weighted by Gasteiger charge is -1.94. The molecule has 0 amide bonds. The highest BCUT2D eigenvalue weighted by Gasteiger charge is 2.32. The topological polar surface area (TPSA) is 11.3 Å². The maximum absolute atomic E-state index is 9.75. The first-order chi connectivity index (χ1) is 10.9. The molecule has 0 saturated heterocycles. The van der Waals surface area contributed by atoms with E-state index in [4.69, 9.17) is 4.42 Å². The van der Waals surface area contributed by atoms with Gasteiger partial charge in [-0.25, -0.2) is 0 Å². The van der Waals surface area contributed by atoms with E-state index in [1.54, 1.807) is 0 Å². The minimum atomic E-state index is -6.00. The van der Waals surface area contributed by atoms with Gasteiger partial charge in [-0.2, -0.15) is 0 Å². The summed E-state index contributed by atoms with van der Waals surface area (Å²) in [5.41, 5.74) is 6.03. The monoisotopic (exact) mass is 322 g/mol. The number of halogens is 4. The van der Waals surface area contributed by atoms with Gasteiger partial charge in [0.1, 0.15) is 11.1 Å². The summed E-state index contributed by atoms with van der Waals surface area (Å²) in [6, 6.07) is 20.8. The Kier molecular flexibility index (Phi) is 5.37. The minimum Gasteiger partial charge on any atom is -0.418 e. The Hall–Kier alpha value is -2.37. The number of hydrogen-bond acceptors (Lipinski definition) is 0. The lowest BCUT2D eigenvalue weighted by atomic mass is 10.1. The van der Waals surface area contributed by atoms with E-state index in [2.05, 4.69) is 48.5 Å². The van der Waals surface area contributed by atoms with Crippen LogP contribution in [0.15, 0.2) is 65.1 Å². The summed E-state index contributed by atoms with van der Waals surface area (Å²) in [6.07, 6.45) is 0. The summed E-state index contributed by atoms with van der Waals surface area (Å²) in [4.78, 5) is 0. The molecule has 0 aliphatic heterocycles. The Labute approximate surface area is 131 Å². The maximum atomic E-state index is 9.75. The molecule has 0 radical (unpaired) electrons. The largest absolute Gasteiger partial charge is 0.673 e. The van der Waals surface area contributed by atoms with Crippen molar-refractivity contribution < 1.29 is 17.3 Å². The van der Waals surface area contributed by atoms with Crippen LogP contribution in [0.4, 0.5) is 17.3 Å². The smallest absolute Gasteiger partial charge is 0.418 e. The van der Waals surface area contributed by atoms with E-state index in [9.17, 15) is 17.3 Å². The molecule has 1 nitrogen and oxygen atoms in total. The molecule has 0 N–H and O–H groups in total. The molecule has 3 rings (SSSR count). The lowest BCUT2D eigenvalue weighted by Crippen LogP contribution is -2.02. The van der Waals surface area contributed by atoms with Gasteiger partial charge in [0.15, 0.2) is 0 Å². The first-order valence-electron chi connectivity index (χ1n) is 7.14. The standard InChI is InChI=1S/C17H15O.BF4/c1-2-18-17-15(13-9-5-3-6-10-13)16(17)14-11-7-4-8-12-14;2-1(3,4)5/h3-12H,2H2,1H3;/q+1;-1. The van der Waals surface area contributed by atoms with Gasteiger partial charge in [-0.1, -0.05) is 60.7 Å². The van der Waals surface area contributed by atoms with Gasteiger partial charge in [0.25, 0.3) is 6.61 Å². The second-order valence-corrected chi connectivity index (χ2v) is 4.74.